The highest BCUT2D eigenvalue weighted by Gasteiger charge is 2.16. The number of hydrogen-bond acceptors (Lipinski definition) is 2. The fourth-order valence-electron chi connectivity index (χ4n) is 1.59. The summed E-state index contributed by atoms with van der Waals surface area (Å²) in [5.74, 6) is -3.30. The summed E-state index contributed by atoms with van der Waals surface area (Å²) < 4.78 is 40.4. The third kappa shape index (κ3) is 1.36. The van der Waals surface area contributed by atoms with Crippen LogP contribution in [0.5, 0.6) is 0 Å². The molecule has 84 valence electrons. The molecular weight excluding hydrogens is 217 g/mol. The summed E-state index contributed by atoms with van der Waals surface area (Å²) in [4.78, 5) is 0. The second-order valence-electron chi connectivity index (χ2n) is 3.37. The van der Waals surface area contributed by atoms with Crippen LogP contribution in [0.15, 0.2) is 18.2 Å². The highest BCUT2D eigenvalue weighted by atomic mass is 19.2. The number of nitrogens with two attached hydrogens (primary N) is 1. The van der Waals surface area contributed by atoms with Crippen LogP contribution in [0.25, 0.3) is 10.8 Å². The maximum Gasteiger partial charge on any atom is 0.182 e. The molecule has 0 amide bonds. The van der Waals surface area contributed by atoms with Gasteiger partial charge in [0.1, 0.15) is 0 Å². The van der Waals surface area contributed by atoms with Crippen molar-refractivity contribution < 1.29 is 13.2 Å². The number of rotatable bonds is 1. The van der Waals surface area contributed by atoms with Crippen LogP contribution in [0.4, 0.5) is 24.5 Å². The molecule has 0 aromatic heterocycles. The van der Waals surface area contributed by atoms with Gasteiger partial charge in [0.25, 0.3) is 0 Å². The normalized spacial score (nSPS) is 10.8. The average Bonchev–Trinajstić information content (AvgIpc) is 2.26. The predicted molar refractivity (Wildman–Crippen MR) is 57.8 cm³/mol. The van der Waals surface area contributed by atoms with Crippen LogP contribution in [-0.2, 0) is 0 Å². The predicted octanol–water partition coefficient (Wildman–Crippen LogP) is 2.88. The maximum absolute atomic E-state index is 13.7. The van der Waals surface area contributed by atoms with Gasteiger partial charge in [0.15, 0.2) is 17.5 Å². The lowest BCUT2D eigenvalue weighted by Gasteiger charge is -2.08. The van der Waals surface area contributed by atoms with Crippen LogP contribution in [0.3, 0.4) is 0 Å². The fraction of sp³-hybridized carbons (Fsp3) is 0.0909. The van der Waals surface area contributed by atoms with Gasteiger partial charge in [-0.2, -0.15) is 0 Å². The Labute approximate surface area is 89.9 Å². The van der Waals surface area contributed by atoms with E-state index in [1.54, 1.807) is 0 Å². The Kier molecular flexibility index (Phi) is 2.38. The van der Waals surface area contributed by atoms with Crippen molar-refractivity contribution in [3.63, 3.8) is 0 Å². The molecule has 0 radical (unpaired) electrons. The molecule has 0 aliphatic heterocycles. The summed E-state index contributed by atoms with van der Waals surface area (Å²) in [5, 5.41) is 2.39. The first-order chi connectivity index (χ1) is 7.56. The van der Waals surface area contributed by atoms with E-state index in [0.717, 1.165) is 0 Å². The number of fused-ring (bicyclic) bond motifs is 1. The van der Waals surface area contributed by atoms with Crippen molar-refractivity contribution in [2.75, 3.05) is 18.1 Å². The number of halogens is 3. The number of benzene rings is 2. The number of nitrogen functional groups attached to an aromatic ring is 1. The van der Waals surface area contributed by atoms with E-state index in [2.05, 4.69) is 5.32 Å². The minimum absolute atomic E-state index is 0.107. The molecule has 0 heterocycles. The lowest BCUT2D eigenvalue weighted by Crippen LogP contribution is -1.99. The molecule has 0 saturated carbocycles. The summed E-state index contributed by atoms with van der Waals surface area (Å²) in [6.07, 6.45) is 0. The first-order valence-electron chi connectivity index (χ1n) is 4.59. The van der Waals surface area contributed by atoms with E-state index in [-0.39, 0.29) is 16.8 Å². The van der Waals surface area contributed by atoms with Gasteiger partial charge in [-0.1, -0.05) is 6.07 Å². The summed E-state index contributed by atoms with van der Waals surface area (Å²) in [5.41, 5.74) is 5.03. The first kappa shape index (κ1) is 10.6. The van der Waals surface area contributed by atoms with E-state index in [1.807, 2.05) is 0 Å². The van der Waals surface area contributed by atoms with Crippen molar-refractivity contribution in [1.29, 1.82) is 0 Å². The van der Waals surface area contributed by atoms with E-state index >= 15 is 0 Å². The van der Waals surface area contributed by atoms with Crippen molar-refractivity contribution in [2.24, 2.45) is 0 Å². The number of hydrogen-bond donors (Lipinski definition) is 2. The molecule has 0 spiro atoms. The lowest BCUT2D eigenvalue weighted by atomic mass is 10.1. The third-order valence-corrected chi connectivity index (χ3v) is 2.42. The zero-order valence-corrected chi connectivity index (χ0v) is 8.44. The highest BCUT2D eigenvalue weighted by Crippen LogP contribution is 2.30. The standard InChI is InChI=1S/C11H9F3N2/c1-16-7-3-2-5-4-6(15)9(12)11(14)8(5)10(7)13/h2-4,16H,15H2,1H3. The van der Waals surface area contributed by atoms with Crippen LogP contribution in [0, 0.1) is 17.5 Å². The lowest BCUT2D eigenvalue weighted by molar-refractivity contribution is 0.515. The fourth-order valence-corrected chi connectivity index (χ4v) is 1.59. The summed E-state index contributed by atoms with van der Waals surface area (Å²) in [6.45, 7) is 0. The number of nitrogens with one attached hydrogen (secondary N) is 1. The molecule has 2 nitrogen and oxygen atoms in total. The molecule has 2 aromatic carbocycles. The minimum Gasteiger partial charge on any atom is -0.396 e. The highest BCUT2D eigenvalue weighted by molar-refractivity contribution is 5.89. The van der Waals surface area contributed by atoms with Gasteiger partial charge in [-0.25, -0.2) is 13.2 Å². The Morgan fingerprint density at radius 3 is 2.38 bits per heavy atom. The van der Waals surface area contributed by atoms with Crippen molar-refractivity contribution in [3.05, 3.63) is 35.7 Å². The Hall–Kier alpha value is -1.91. The molecule has 0 atom stereocenters. The van der Waals surface area contributed by atoms with Gasteiger partial charge in [-0.15, -0.1) is 0 Å². The van der Waals surface area contributed by atoms with E-state index < -0.39 is 22.8 Å². The minimum atomic E-state index is -1.26. The van der Waals surface area contributed by atoms with Crippen molar-refractivity contribution >= 4 is 22.1 Å². The Bertz CT molecular complexity index is 567. The molecule has 0 saturated heterocycles. The third-order valence-electron chi connectivity index (χ3n) is 2.42. The summed E-state index contributed by atoms with van der Waals surface area (Å²) >= 11 is 0. The molecule has 0 aliphatic carbocycles. The van der Waals surface area contributed by atoms with Gasteiger partial charge in [-0.05, 0) is 17.5 Å². The van der Waals surface area contributed by atoms with E-state index in [4.69, 9.17) is 5.73 Å². The zero-order valence-electron chi connectivity index (χ0n) is 8.44. The van der Waals surface area contributed by atoms with Crippen LogP contribution < -0.4 is 11.1 Å². The molecule has 0 aliphatic rings. The zero-order chi connectivity index (χ0) is 11.9. The van der Waals surface area contributed by atoms with Crippen LogP contribution in [0.1, 0.15) is 0 Å². The van der Waals surface area contributed by atoms with E-state index in [1.165, 1.54) is 25.2 Å². The van der Waals surface area contributed by atoms with Crippen LogP contribution in [-0.4, -0.2) is 7.05 Å². The van der Waals surface area contributed by atoms with Crippen LogP contribution >= 0.6 is 0 Å². The molecule has 3 N–H and O–H groups in total. The number of anilines is 2. The summed E-state index contributed by atoms with van der Waals surface area (Å²) in [7, 11) is 1.50. The van der Waals surface area contributed by atoms with Gasteiger partial charge in [0.05, 0.1) is 16.8 Å². The van der Waals surface area contributed by atoms with Crippen molar-refractivity contribution in [3.8, 4) is 0 Å². The molecule has 0 bridgehead atoms. The molecule has 0 unspecified atom stereocenters. The quantitative estimate of drug-likeness (QED) is 0.734. The molecule has 2 rings (SSSR count). The molecular formula is C11H9F3N2. The largest absolute Gasteiger partial charge is 0.396 e. The van der Waals surface area contributed by atoms with Gasteiger partial charge in [0, 0.05) is 7.05 Å². The Balaban J connectivity index is 2.92. The van der Waals surface area contributed by atoms with Crippen molar-refractivity contribution in [2.45, 2.75) is 0 Å². The van der Waals surface area contributed by atoms with Gasteiger partial charge in [-0.3, -0.25) is 0 Å². The Morgan fingerprint density at radius 2 is 1.75 bits per heavy atom. The second kappa shape index (κ2) is 3.59. The topological polar surface area (TPSA) is 38.0 Å². The Morgan fingerprint density at radius 1 is 1.06 bits per heavy atom. The van der Waals surface area contributed by atoms with Crippen LogP contribution in [0.2, 0.25) is 0 Å². The van der Waals surface area contributed by atoms with Gasteiger partial charge >= 0.3 is 0 Å². The van der Waals surface area contributed by atoms with Crippen molar-refractivity contribution in [1.82, 2.24) is 0 Å². The monoisotopic (exact) mass is 226 g/mol. The van der Waals surface area contributed by atoms with E-state index in [0.29, 0.717) is 0 Å². The average molecular weight is 226 g/mol. The van der Waals surface area contributed by atoms with Gasteiger partial charge < -0.3 is 11.1 Å². The smallest absolute Gasteiger partial charge is 0.182 e. The molecule has 5 heteroatoms. The SMILES string of the molecule is CNc1ccc2cc(N)c(F)c(F)c2c1F. The summed E-state index contributed by atoms with van der Waals surface area (Å²) in [6, 6.07) is 4.12. The molecule has 0 fully saturated rings. The second-order valence-corrected chi connectivity index (χ2v) is 3.37. The molecule has 2 aromatic rings. The molecule has 16 heavy (non-hydrogen) atoms. The maximum atomic E-state index is 13.7. The van der Waals surface area contributed by atoms with Gasteiger partial charge in [0.2, 0.25) is 0 Å². The van der Waals surface area contributed by atoms with E-state index in [9.17, 15) is 13.2 Å². The first-order valence-corrected chi connectivity index (χ1v) is 4.59.